The minimum atomic E-state index is -3.82. The molecule has 0 unspecified atom stereocenters. The largest absolute Gasteiger partial charge is 0.497 e. The molecule has 0 fully saturated rings. The molecule has 192 valence electrons. The maximum absolute atomic E-state index is 13.6. The lowest BCUT2D eigenvalue weighted by Gasteiger charge is -2.32. The van der Waals surface area contributed by atoms with Crippen molar-refractivity contribution >= 4 is 39.1 Å². The van der Waals surface area contributed by atoms with Crippen LogP contribution in [0, 0.1) is 6.92 Å². The van der Waals surface area contributed by atoms with Crippen LogP contribution in [-0.4, -0.2) is 57.1 Å². The van der Waals surface area contributed by atoms with Crippen molar-refractivity contribution in [2.75, 3.05) is 24.2 Å². The van der Waals surface area contributed by atoms with Crippen LogP contribution in [0.1, 0.15) is 38.3 Å². The average Bonchev–Trinajstić information content (AvgIpc) is 2.81. The van der Waals surface area contributed by atoms with Gasteiger partial charge < -0.3 is 15.0 Å². The molecule has 0 spiro atoms. The number of hydrogen-bond donors (Lipinski definition) is 1. The van der Waals surface area contributed by atoms with Crippen LogP contribution >= 0.6 is 11.6 Å². The van der Waals surface area contributed by atoms with Gasteiger partial charge in [0.2, 0.25) is 21.8 Å². The Labute approximate surface area is 213 Å². The molecule has 0 aliphatic rings. The minimum Gasteiger partial charge on any atom is -0.497 e. The lowest BCUT2D eigenvalue weighted by atomic mass is 10.1. The van der Waals surface area contributed by atoms with E-state index in [9.17, 15) is 18.0 Å². The summed E-state index contributed by atoms with van der Waals surface area (Å²) in [6.45, 7) is 6.87. The first-order chi connectivity index (χ1) is 16.4. The molecule has 0 saturated carbocycles. The van der Waals surface area contributed by atoms with E-state index in [0.717, 1.165) is 28.1 Å². The number of methoxy groups -OCH3 is 1. The van der Waals surface area contributed by atoms with Gasteiger partial charge in [0.15, 0.2) is 0 Å². The zero-order chi connectivity index (χ0) is 26.3. The molecule has 0 aliphatic carbocycles. The van der Waals surface area contributed by atoms with Gasteiger partial charge in [0.1, 0.15) is 18.3 Å². The van der Waals surface area contributed by atoms with Gasteiger partial charge in [0.25, 0.3) is 0 Å². The van der Waals surface area contributed by atoms with E-state index >= 15 is 0 Å². The Kier molecular flexibility index (Phi) is 9.97. The molecule has 0 saturated heterocycles. The molecule has 0 aliphatic heterocycles. The SMILES string of the molecule is CC[C@@H](C)NC(=O)[C@@H](C)N(Cc1cccc(OC)c1)C(=O)CN(c1ccc(C)c(Cl)c1)S(C)(=O)=O. The van der Waals surface area contributed by atoms with E-state index in [4.69, 9.17) is 16.3 Å². The fourth-order valence-electron chi connectivity index (χ4n) is 3.37. The second-order valence-electron chi connectivity index (χ2n) is 8.57. The Hall–Kier alpha value is -2.78. The third kappa shape index (κ3) is 7.86. The van der Waals surface area contributed by atoms with Crippen LogP contribution < -0.4 is 14.4 Å². The summed E-state index contributed by atoms with van der Waals surface area (Å²) in [7, 11) is -2.28. The van der Waals surface area contributed by atoms with Crippen LogP contribution in [0.5, 0.6) is 5.75 Å². The summed E-state index contributed by atoms with van der Waals surface area (Å²) < 4.78 is 31.5. The molecule has 10 heteroatoms. The van der Waals surface area contributed by atoms with Crippen molar-refractivity contribution in [2.24, 2.45) is 0 Å². The lowest BCUT2D eigenvalue weighted by Crippen LogP contribution is -2.52. The van der Waals surface area contributed by atoms with Crippen LogP contribution in [0.3, 0.4) is 0 Å². The number of carbonyl (C=O) groups excluding carboxylic acids is 2. The zero-order valence-corrected chi connectivity index (χ0v) is 22.6. The smallest absolute Gasteiger partial charge is 0.244 e. The van der Waals surface area contributed by atoms with Gasteiger partial charge in [-0.1, -0.05) is 36.7 Å². The van der Waals surface area contributed by atoms with Gasteiger partial charge in [-0.05, 0) is 62.6 Å². The van der Waals surface area contributed by atoms with Crippen molar-refractivity contribution in [1.82, 2.24) is 10.2 Å². The first-order valence-electron chi connectivity index (χ1n) is 11.3. The van der Waals surface area contributed by atoms with Crippen LogP contribution in [0.2, 0.25) is 5.02 Å². The van der Waals surface area contributed by atoms with E-state index < -0.39 is 28.5 Å². The second kappa shape index (κ2) is 12.3. The number of benzene rings is 2. The summed E-state index contributed by atoms with van der Waals surface area (Å²) >= 11 is 6.22. The molecule has 2 aromatic rings. The molecule has 0 heterocycles. The number of rotatable bonds is 11. The van der Waals surface area contributed by atoms with E-state index in [-0.39, 0.29) is 24.2 Å². The first-order valence-corrected chi connectivity index (χ1v) is 13.6. The number of ether oxygens (including phenoxy) is 1. The highest BCUT2D eigenvalue weighted by Gasteiger charge is 2.30. The molecule has 1 N–H and O–H groups in total. The van der Waals surface area contributed by atoms with Gasteiger partial charge in [-0.25, -0.2) is 8.42 Å². The molecule has 0 aromatic heterocycles. The second-order valence-corrected chi connectivity index (χ2v) is 10.9. The maximum Gasteiger partial charge on any atom is 0.244 e. The predicted octanol–water partition coefficient (Wildman–Crippen LogP) is 3.76. The van der Waals surface area contributed by atoms with Crippen molar-refractivity contribution in [3.8, 4) is 5.75 Å². The van der Waals surface area contributed by atoms with E-state index in [0.29, 0.717) is 10.8 Å². The number of sulfonamides is 1. The summed E-state index contributed by atoms with van der Waals surface area (Å²) in [5.41, 5.74) is 1.80. The first kappa shape index (κ1) is 28.5. The fraction of sp³-hybridized carbons (Fsp3) is 0.440. The molecule has 2 amide bonds. The van der Waals surface area contributed by atoms with Crippen molar-refractivity contribution in [3.63, 3.8) is 0 Å². The van der Waals surface area contributed by atoms with Crippen LogP contribution in [0.15, 0.2) is 42.5 Å². The van der Waals surface area contributed by atoms with Gasteiger partial charge in [0.05, 0.1) is 19.1 Å². The Morgan fingerprint density at radius 2 is 1.83 bits per heavy atom. The molecular formula is C25H34ClN3O5S. The average molecular weight is 524 g/mol. The van der Waals surface area contributed by atoms with Crippen LogP contribution in [-0.2, 0) is 26.2 Å². The summed E-state index contributed by atoms with van der Waals surface area (Å²) in [5, 5.41) is 3.28. The van der Waals surface area contributed by atoms with Crippen LogP contribution in [0.25, 0.3) is 0 Å². The van der Waals surface area contributed by atoms with Gasteiger partial charge in [0, 0.05) is 17.6 Å². The van der Waals surface area contributed by atoms with Crippen molar-refractivity contribution < 1.29 is 22.7 Å². The Morgan fingerprint density at radius 1 is 1.14 bits per heavy atom. The molecule has 0 bridgehead atoms. The summed E-state index contributed by atoms with van der Waals surface area (Å²) in [4.78, 5) is 27.9. The normalized spacial score (nSPS) is 13.0. The quantitative estimate of drug-likeness (QED) is 0.484. The highest BCUT2D eigenvalue weighted by Crippen LogP contribution is 2.25. The fourth-order valence-corrected chi connectivity index (χ4v) is 4.38. The predicted molar refractivity (Wildman–Crippen MR) is 139 cm³/mol. The van der Waals surface area contributed by atoms with E-state index in [1.807, 2.05) is 19.9 Å². The monoisotopic (exact) mass is 523 g/mol. The Morgan fingerprint density at radius 3 is 2.40 bits per heavy atom. The summed E-state index contributed by atoms with van der Waals surface area (Å²) in [6.07, 6.45) is 1.76. The number of nitrogens with zero attached hydrogens (tertiary/aromatic N) is 2. The highest BCUT2D eigenvalue weighted by atomic mass is 35.5. The Balaban J connectivity index is 2.42. The number of anilines is 1. The molecule has 0 radical (unpaired) electrons. The van der Waals surface area contributed by atoms with Gasteiger partial charge in [-0.2, -0.15) is 0 Å². The van der Waals surface area contributed by atoms with Gasteiger partial charge in [-0.15, -0.1) is 0 Å². The molecule has 8 nitrogen and oxygen atoms in total. The minimum absolute atomic E-state index is 0.0686. The number of halogens is 1. The van der Waals surface area contributed by atoms with Crippen molar-refractivity contribution in [1.29, 1.82) is 0 Å². The molecular weight excluding hydrogens is 490 g/mol. The number of amides is 2. The molecule has 35 heavy (non-hydrogen) atoms. The maximum atomic E-state index is 13.6. The van der Waals surface area contributed by atoms with Crippen LogP contribution in [0.4, 0.5) is 5.69 Å². The van der Waals surface area contributed by atoms with Gasteiger partial charge in [-0.3, -0.25) is 13.9 Å². The standard InChI is InChI=1S/C25H34ClN3O5S/c1-7-18(3)27-25(31)19(4)28(15-20-9-8-10-22(13-20)34-5)24(30)16-29(35(6,32)33)21-12-11-17(2)23(26)14-21/h8-14,18-19H,7,15-16H2,1-6H3,(H,27,31)/t18-,19-/m1/s1. The van der Waals surface area contributed by atoms with Gasteiger partial charge >= 0.3 is 0 Å². The number of aryl methyl sites for hydroxylation is 1. The topological polar surface area (TPSA) is 96.0 Å². The molecule has 2 rings (SSSR count). The van der Waals surface area contributed by atoms with E-state index in [1.165, 1.54) is 11.0 Å². The highest BCUT2D eigenvalue weighted by molar-refractivity contribution is 7.92. The zero-order valence-electron chi connectivity index (χ0n) is 21.0. The van der Waals surface area contributed by atoms with E-state index in [1.54, 1.807) is 51.3 Å². The molecule has 2 atom stereocenters. The van der Waals surface area contributed by atoms with Crippen molar-refractivity contribution in [2.45, 2.75) is 52.7 Å². The number of carbonyl (C=O) groups is 2. The van der Waals surface area contributed by atoms with Crippen molar-refractivity contribution in [3.05, 3.63) is 58.6 Å². The molecule has 2 aromatic carbocycles. The van der Waals surface area contributed by atoms with E-state index in [2.05, 4.69) is 5.32 Å². The third-order valence-electron chi connectivity index (χ3n) is 5.78. The summed E-state index contributed by atoms with van der Waals surface area (Å²) in [6, 6.07) is 11.0. The number of hydrogen-bond acceptors (Lipinski definition) is 5. The third-order valence-corrected chi connectivity index (χ3v) is 7.33. The number of nitrogens with one attached hydrogen (secondary N) is 1. The lowest BCUT2D eigenvalue weighted by molar-refractivity contribution is -0.139. The summed E-state index contributed by atoms with van der Waals surface area (Å²) in [5.74, 6) is -0.236. The Bertz CT molecular complexity index is 1160.